The molecule has 4 aliphatic heterocycles. The smallest absolute Gasteiger partial charge is 0.407 e. The fourth-order valence-corrected chi connectivity index (χ4v) is 15.4. The van der Waals surface area contributed by atoms with Crippen molar-refractivity contribution < 1.29 is 143 Å². The standard InChI is InChI=1S/C83H90FN7O30/c1-12-83(107)55-32-60-65-52(34-91(60)76(101)54(55)37-110-80(83)104)39(3)64-47(38(2)56(84)33-59(64)88-65)23-18-29-86-81(105)111-35-46-26-27-61(119-79-73(118-45(9)97)69(116-43(7)95)68(115-42(6)94)72(121-79)78(103)109-11)58(31-46)87-63(99)28-30-85-74(100)57(89-82(106)112-36-53-50-21-15-13-19-48(50)49-20-14-16-22-51(49)53)24-17-25-62(98)90-75-70(117-44(8)96)66(113-40(4)92)67(114-41(5)93)71(120-75)77(102)108-10/h13-16,19-22,26-27,31-33,53,57,66-73,75,79,107H,12,17-18,23-25,28-30,34-37H2,1-11H3,(H,85,100)(H,86,105)(H,87,99)(H,89,106)(H,90,98)/t57-,66-,67-,68-,69-,70+,71-,72-,73+,75-,79+,83-/m0/s1. The lowest BCUT2D eigenvalue weighted by Crippen LogP contribution is -2.67. The predicted octanol–water partition coefficient (Wildman–Crippen LogP) is 5.10. The fourth-order valence-electron chi connectivity index (χ4n) is 15.4. The summed E-state index contributed by atoms with van der Waals surface area (Å²) in [7, 11) is 1.95. The maximum atomic E-state index is 16.0. The largest absolute Gasteiger partial charge is 0.467 e. The van der Waals surface area contributed by atoms with E-state index in [1.54, 1.807) is 19.9 Å². The summed E-state index contributed by atoms with van der Waals surface area (Å²) in [5, 5.41) is 25.0. The number of hydrogen-bond acceptors (Lipinski definition) is 31. The van der Waals surface area contributed by atoms with Crippen LogP contribution in [0.3, 0.4) is 0 Å². The van der Waals surface area contributed by atoms with Crippen LogP contribution >= 0.6 is 0 Å². The highest BCUT2D eigenvalue weighted by molar-refractivity contribution is 5.95. The first-order chi connectivity index (χ1) is 57.6. The van der Waals surface area contributed by atoms with Gasteiger partial charge in [0.25, 0.3) is 5.56 Å². The average molecular weight is 1680 g/mol. The van der Waals surface area contributed by atoms with Gasteiger partial charge in [-0.05, 0) is 109 Å². The molecule has 0 radical (unpaired) electrons. The van der Waals surface area contributed by atoms with Crippen molar-refractivity contribution in [3.63, 3.8) is 0 Å². The maximum Gasteiger partial charge on any atom is 0.407 e. The number of fused-ring (bicyclic) bond motifs is 8. The Morgan fingerprint density at radius 3 is 1.84 bits per heavy atom. The number of carbonyl (C=O) groups is 14. The number of nitrogens with zero attached hydrogens (tertiary/aromatic N) is 2. The van der Waals surface area contributed by atoms with Crippen LogP contribution in [0.2, 0.25) is 0 Å². The Hall–Kier alpha value is -13.0. The molecule has 5 aliphatic rings. The highest BCUT2D eigenvalue weighted by Crippen LogP contribution is 2.46. The van der Waals surface area contributed by atoms with Gasteiger partial charge in [-0.3, -0.25) is 47.9 Å². The summed E-state index contributed by atoms with van der Waals surface area (Å²) < 4.78 is 94.7. The first kappa shape index (κ1) is 88.8. The number of anilines is 1. The maximum absolute atomic E-state index is 16.0. The minimum Gasteiger partial charge on any atom is -0.467 e. The molecule has 12 atom stereocenters. The normalized spacial score (nSPS) is 21.2. The highest BCUT2D eigenvalue weighted by atomic mass is 19.1. The lowest BCUT2D eigenvalue weighted by molar-refractivity contribution is -0.282. The zero-order chi connectivity index (χ0) is 87.6. The lowest BCUT2D eigenvalue weighted by atomic mass is 9.86. The van der Waals surface area contributed by atoms with Gasteiger partial charge in [-0.2, -0.15) is 0 Å². The van der Waals surface area contributed by atoms with E-state index in [0.717, 1.165) is 78.0 Å². The number of cyclic esters (lactones) is 1. The Kier molecular flexibility index (Phi) is 28.2. The number of nitrogens with one attached hydrogen (secondary N) is 5. The topological polar surface area (TPSA) is 483 Å². The van der Waals surface area contributed by atoms with Crippen molar-refractivity contribution in [1.82, 2.24) is 30.8 Å². The van der Waals surface area contributed by atoms with E-state index in [9.17, 15) is 77.0 Å². The molecule has 0 bridgehead atoms. The van der Waals surface area contributed by atoms with Crippen molar-refractivity contribution in [2.24, 2.45) is 0 Å². The average Bonchev–Trinajstić information content (AvgIpc) is 1.57. The Labute approximate surface area is 689 Å². The van der Waals surface area contributed by atoms with E-state index in [0.29, 0.717) is 39.0 Å². The number of ether oxygens (including phenoxy) is 14. The second-order valence-electron chi connectivity index (χ2n) is 29.0. The van der Waals surface area contributed by atoms with E-state index in [4.69, 9.17) is 71.3 Å². The van der Waals surface area contributed by atoms with E-state index in [2.05, 4.69) is 26.6 Å². The molecule has 644 valence electrons. The number of pyridine rings is 2. The molecule has 1 aliphatic carbocycles. The van der Waals surface area contributed by atoms with Crippen LogP contribution in [0.1, 0.15) is 143 Å². The molecule has 6 heterocycles. The number of aliphatic hydroxyl groups is 1. The van der Waals surface area contributed by atoms with Gasteiger partial charge in [-0.15, -0.1) is 0 Å². The second kappa shape index (κ2) is 38.4. The van der Waals surface area contributed by atoms with Gasteiger partial charge < -0.3 is 103 Å². The van der Waals surface area contributed by atoms with Crippen LogP contribution in [-0.4, -0.2) is 200 Å². The van der Waals surface area contributed by atoms with Gasteiger partial charge in [0.2, 0.25) is 30.1 Å². The van der Waals surface area contributed by atoms with Crippen LogP contribution < -0.4 is 36.9 Å². The first-order valence-corrected chi connectivity index (χ1v) is 38.6. The molecule has 0 saturated carbocycles. The minimum atomic E-state index is -2.07. The Balaban J connectivity index is 0.804. The van der Waals surface area contributed by atoms with Gasteiger partial charge in [0.05, 0.1) is 48.9 Å². The molecular formula is C83H90FN7O30. The zero-order valence-corrected chi connectivity index (χ0v) is 67.7. The van der Waals surface area contributed by atoms with Gasteiger partial charge in [0.1, 0.15) is 37.4 Å². The molecule has 37 nitrogen and oxygen atoms in total. The summed E-state index contributed by atoms with van der Waals surface area (Å²) in [5.41, 5.74) is 4.50. The van der Waals surface area contributed by atoms with Crippen LogP contribution in [0.5, 0.6) is 5.75 Å². The summed E-state index contributed by atoms with van der Waals surface area (Å²) in [5.74, 6) is -13.0. The first-order valence-electron chi connectivity index (χ1n) is 38.6. The SMILES string of the molecule is CC[C@@]1(O)C(=O)OCc2c1cc1n(c2=O)Cc2c-1nc1cc(F)c(C)c(CCCNC(=O)OCc3ccc(O[C@@H]4O[C@H](C(=O)OC)[C@@H](OC(C)=O)[C@H](OC(C)=O)[C@H]4OC(C)=O)c(NC(=O)CCNC(=O)[C@H](CCCC(=O)N[C@H]4O[C@H](C(=O)OC)[C@@H](OC(C)=O)[C@H](OC(C)=O)[C@H]4OC(C)=O)NC(=O)OCC4c5ccccc5-c5ccccc54)c3)c1c2C. The van der Waals surface area contributed by atoms with Gasteiger partial charge in [-0.25, -0.2) is 33.3 Å². The molecule has 2 saturated heterocycles. The summed E-state index contributed by atoms with van der Waals surface area (Å²) in [6.07, 6.45) is -21.4. The number of hydrogen-bond donors (Lipinski definition) is 6. The summed E-state index contributed by atoms with van der Waals surface area (Å²) in [6, 6.07) is 20.3. The van der Waals surface area contributed by atoms with Gasteiger partial charge in [0, 0.05) is 96.0 Å². The molecular weight excluding hydrogens is 1590 g/mol. The third-order valence-corrected chi connectivity index (χ3v) is 20.9. The molecule has 6 aromatic rings. The number of aromatic nitrogens is 2. The number of alkyl carbamates (subject to hydrolysis) is 2. The summed E-state index contributed by atoms with van der Waals surface area (Å²) >= 11 is 0. The number of methoxy groups -OCH3 is 2. The molecule has 38 heteroatoms. The number of amides is 5. The van der Waals surface area contributed by atoms with Gasteiger partial charge >= 0.3 is 65.9 Å². The van der Waals surface area contributed by atoms with Crippen LogP contribution in [-0.2, 0) is 151 Å². The van der Waals surface area contributed by atoms with E-state index in [1.807, 2.05) is 55.5 Å². The Morgan fingerprint density at radius 1 is 0.645 bits per heavy atom. The van der Waals surface area contributed by atoms with E-state index < -0.39 is 200 Å². The molecule has 2 fully saturated rings. The van der Waals surface area contributed by atoms with Crippen molar-refractivity contribution in [3.05, 3.63) is 145 Å². The number of benzene rings is 4. The molecule has 0 spiro atoms. The lowest BCUT2D eigenvalue weighted by Gasteiger charge is -2.43. The predicted molar refractivity (Wildman–Crippen MR) is 412 cm³/mol. The minimum absolute atomic E-state index is 0.0125. The number of halogens is 1. The van der Waals surface area contributed by atoms with E-state index in [-0.39, 0.29) is 92.1 Å². The van der Waals surface area contributed by atoms with Crippen molar-refractivity contribution in [2.45, 2.75) is 206 Å². The Morgan fingerprint density at radius 2 is 1.23 bits per heavy atom. The van der Waals surface area contributed by atoms with Crippen LogP contribution in [0, 0.1) is 19.7 Å². The quantitative estimate of drug-likeness (QED) is 0.0194. The number of aryl methyl sites for hydroxylation is 2. The molecule has 4 aromatic carbocycles. The number of carbonyl (C=O) groups excluding carboxylic acids is 14. The molecule has 121 heavy (non-hydrogen) atoms. The van der Waals surface area contributed by atoms with Gasteiger partial charge in [-0.1, -0.05) is 61.5 Å². The number of esters is 9. The molecule has 0 unspecified atom stereocenters. The number of rotatable bonds is 30. The summed E-state index contributed by atoms with van der Waals surface area (Å²) in [6.45, 7) is 9.48. The molecule has 5 amide bonds. The molecule has 6 N–H and O–H groups in total. The van der Waals surface area contributed by atoms with E-state index in [1.165, 1.54) is 28.8 Å². The van der Waals surface area contributed by atoms with Crippen LogP contribution in [0.4, 0.5) is 19.7 Å². The summed E-state index contributed by atoms with van der Waals surface area (Å²) in [4.78, 5) is 204. The van der Waals surface area contributed by atoms with Crippen molar-refractivity contribution >= 4 is 100 Å². The van der Waals surface area contributed by atoms with Crippen LogP contribution in [0.15, 0.2) is 83.7 Å². The zero-order valence-electron chi connectivity index (χ0n) is 67.7. The van der Waals surface area contributed by atoms with E-state index >= 15 is 4.39 Å². The van der Waals surface area contributed by atoms with Crippen molar-refractivity contribution in [3.8, 4) is 28.3 Å². The fraction of sp³-hybridized carbons (Fsp3) is 0.446. The molecule has 2 aromatic heterocycles. The third-order valence-electron chi connectivity index (χ3n) is 20.9. The monoisotopic (exact) mass is 1680 g/mol. The van der Waals surface area contributed by atoms with Crippen LogP contribution in [0.25, 0.3) is 33.4 Å². The highest BCUT2D eigenvalue weighted by Gasteiger charge is 2.58. The molecule has 11 rings (SSSR count). The van der Waals surface area contributed by atoms with Crippen molar-refractivity contribution in [1.29, 1.82) is 0 Å². The third kappa shape index (κ3) is 20.0. The Bertz CT molecular complexity index is 5140. The van der Waals surface area contributed by atoms with Crippen molar-refractivity contribution in [2.75, 3.05) is 39.2 Å². The second-order valence-corrected chi connectivity index (χ2v) is 29.0. The van der Waals surface area contributed by atoms with Gasteiger partial charge in [0.15, 0.2) is 54.6 Å².